The van der Waals surface area contributed by atoms with Crippen LogP contribution in [0, 0.1) is 0 Å². The lowest BCUT2D eigenvalue weighted by molar-refractivity contribution is -0.144. The summed E-state index contributed by atoms with van der Waals surface area (Å²) in [5.41, 5.74) is 1.99. The van der Waals surface area contributed by atoms with Crippen molar-refractivity contribution in [2.24, 2.45) is 0 Å². The van der Waals surface area contributed by atoms with Crippen LogP contribution >= 0.6 is 0 Å². The Morgan fingerprint density at radius 2 is 1.88 bits per heavy atom. The Hall–Kier alpha value is -2.24. The van der Waals surface area contributed by atoms with Crippen LogP contribution in [0.15, 0.2) is 54.9 Å². The van der Waals surface area contributed by atoms with Gasteiger partial charge in [-0.05, 0) is 36.6 Å². The molecule has 2 fully saturated rings. The second-order valence-corrected chi connectivity index (χ2v) is 6.92. The van der Waals surface area contributed by atoms with Gasteiger partial charge in [0, 0.05) is 37.7 Å². The van der Waals surface area contributed by atoms with Crippen LogP contribution in [0.3, 0.4) is 0 Å². The molecule has 0 saturated carbocycles. The van der Waals surface area contributed by atoms with Crippen molar-refractivity contribution in [1.29, 1.82) is 0 Å². The maximum absolute atomic E-state index is 12.3. The first-order valence-electron chi connectivity index (χ1n) is 8.85. The van der Waals surface area contributed by atoms with Gasteiger partial charge in [0.05, 0.1) is 12.1 Å². The van der Waals surface area contributed by atoms with Crippen molar-refractivity contribution in [3.63, 3.8) is 0 Å². The molecule has 1 aromatic carbocycles. The molecule has 2 aliphatic rings. The molecule has 3 heterocycles. The fourth-order valence-corrected chi connectivity index (χ4v) is 3.73. The highest BCUT2D eigenvalue weighted by Gasteiger charge is 2.42. The predicted octanol–water partition coefficient (Wildman–Crippen LogP) is 2.48. The summed E-state index contributed by atoms with van der Waals surface area (Å²) < 4.78 is 6.04. The molecule has 0 atom stereocenters. The molecular formula is C20H23N3O2. The van der Waals surface area contributed by atoms with Crippen molar-refractivity contribution < 1.29 is 9.53 Å². The molecule has 25 heavy (non-hydrogen) atoms. The SMILES string of the molecule is O=C1COC2(CCN(Cc3cccnc3)CC2)CN1c1ccccc1. The van der Waals surface area contributed by atoms with Gasteiger partial charge in [0.15, 0.2) is 0 Å². The molecule has 2 saturated heterocycles. The van der Waals surface area contributed by atoms with Crippen LogP contribution in [0.1, 0.15) is 18.4 Å². The van der Waals surface area contributed by atoms with Gasteiger partial charge in [-0.1, -0.05) is 24.3 Å². The number of ether oxygens (including phenoxy) is 1. The molecule has 5 heteroatoms. The molecule has 0 unspecified atom stereocenters. The zero-order valence-corrected chi connectivity index (χ0v) is 14.3. The van der Waals surface area contributed by atoms with Gasteiger partial charge < -0.3 is 9.64 Å². The Labute approximate surface area is 148 Å². The van der Waals surface area contributed by atoms with E-state index in [2.05, 4.69) is 16.0 Å². The number of morpholine rings is 1. The van der Waals surface area contributed by atoms with E-state index in [0.717, 1.165) is 38.2 Å². The fraction of sp³-hybridized carbons (Fsp3) is 0.400. The maximum Gasteiger partial charge on any atom is 0.253 e. The smallest absolute Gasteiger partial charge is 0.253 e. The van der Waals surface area contributed by atoms with Crippen LogP contribution in [-0.4, -0.2) is 47.6 Å². The number of likely N-dealkylation sites (tertiary alicyclic amines) is 1. The summed E-state index contributed by atoms with van der Waals surface area (Å²) in [4.78, 5) is 20.8. The fourth-order valence-electron chi connectivity index (χ4n) is 3.73. The van der Waals surface area contributed by atoms with Crippen LogP contribution in [0.2, 0.25) is 0 Å². The summed E-state index contributed by atoms with van der Waals surface area (Å²) >= 11 is 0. The molecule has 1 aromatic heterocycles. The number of hydrogen-bond acceptors (Lipinski definition) is 4. The summed E-state index contributed by atoms with van der Waals surface area (Å²) in [6.07, 6.45) is 5.63. The summed E-state index contributed by atoms with van der Waals surface area (Å²) in [6, 6.07) is 14.0. The Morgan fingerprint density at radius 1 is 1.08 bits per heavy atom. The van der Waals surface area contributed by atoms with Gasteiger partial charge in [-0.2, -0.15) is 0 Å². The first-order chi connectivity index (χ1) is 12.2. The third-order valence-corrected chi connectivity index (χ3v) is 5.21. The average molecular weight is 337 g/mol. The van der Waals surface area contributed by atoms with E-state index in [4.69, 9.17) is 4.74 Å². The molecule has 1 amide bonds. The minimum absolute atomic E-state index is 0.0506. The number of anilines is 1. The Kier molecular flexibility index (Phi) is 4.51. The molecular weight excluding hydrogens is 314 g/mol. The highest BCUT2D eigenvalue weighted by atomic mass is 16.5. The van der Waals surface area contributed by atoms with Gasteiger partial charge in [0.2, 0.25) is 0 Å². The quantitative estimate of drug-likeness (QED) is 0.863. The molecule has 0 aliphatic carbocycles. The molecule has 0 N–H and O–H groups in total. The summed E-state index contributed by atoms with van der Waals surface area (Å²) in [7, 11) is 0. The van der Waals surface area contributed by atoms with Gasteiger partial charge in [-0.3, -0.25) is 14.7 Å². The summed E-state index contributed by atoms with van der Waals surface area (Å²) in [5.74, 6) is 0.0506. The lowest BCUT2D eigenvalue weighted by Gasteiger charge is -2.47. The van der Waals surface area contributed by atoms with Crippen molar-refractivity contribution in [1.82, 2.24) is 9.88 Å². The minimum atomic E-state index is -0.213. The van der Waals surface area contributed by atoms with Gasteiger partial charge >= 0.3 is 0 Å². The molecule has 0 radical (unpaired) electrons. The minimum Gasteiger partial charge on any atom is -0.363 e. The normalized spacial score (nSPS) is 20.8. The molecule has 5 nitrogen and oxygen atoms in total. The number of benzene rings is 1. The van der Waals surface area contributed by atoms with E-state index in [1.807, 2.05) is 47.5 Å². The third-order valence-electron chi connectivity index (χ3n) is 5.21. The first kappa shape index (κ1) is 16.2. The largest absolute Gasteiger partial charge is 0.363 e. The second kappa shape index (κ2) is 6.94. The van der Waals surface area contributed by atoms with E-state index in [0.29, 0.717) is 6.54 Å². The topological polar surface area (TPSA) is 45.7 Å². The highest BCUT2D eigenvalue weighted by molar-refractivity contribution is 5.95. The van der Waals surface area contributed by atoms with Crippen LogP contribution in [0.5, 0.6) is 0 Å². The van der Waals surface area contributed by atoms with E-state index >= 15 is 0 Å². The lowest BCUT2D eigenvalue weighted by atomic mass is 9.89. The van der Waals surface area contributed by atoms with E-state index in [1.165, 1.54) is 5.56 Å². The predicted molar refractivity (Wildman–Crippen MR) is 96.2 cm³/mol. The van der Waals surface area contributed by atoms with Crippen LogP contribution in [0.25, 0.3) is 0 Å². The number of nitrogens with zero attached hydrogens (tertiary/aromatic N) is 3. The van der Waals surface area contributed by atoms with Crippen LogP contribution in [-0.2, 0) is 16.1 Å². The number of pyridine rings is 1. The number of amides is 1. The maximum atomic E-state index is 12.3. The zero-order chi connectivity index (χ0) is 17.1. The van der Waals surface area contributed by atoms with Crippen molar-refractivity contribution in [3.05, 3.63) is 60.4 Å². The monoisotopic (exact) mass is 337 g/mol. The Bertz CT molecular complexity index is 712. The average Bonchev–Trinajstić information content (AvgIpc) is 2.67. The number of aromatic nitrogens is 1. The number of piperidine rings is 1. The van der Waals surface area contributed by atoms with E-state index < -0.39 is 0 Å². The second-order valence-electron chi connectivity index (χ2n) is 6.92. The van der Waals surface area contributed by atoms with Crippen molar-refractivity contribution >= 4 is 11.6 Å². The molecule has 4 rings (SSSR count). The number of hydrogen-bond donors (Lipinski definition) is 0. The Balaban J connectivity index is 1.41. The van der Waals surface area contributed by atoms with Gasteiger partial charge in [-0.25, -0.2) is 0 Å². The summed E-state index contributed by atoms with van der Waals surface area (Å²) in [6.45, 7) is 3.71. The van der Waals surface area contributed by atoms with Crippen LogP contribution in [0.4, 0.5) is 5.69 Å². The van der Waals surface area contributed by atoms with Crippen molar-refractivity contribution in [2.45, 2.75) is 25.0 Å². The van der Waals surface area contributed by atoms with E-state index in [-0.39, 0.29) is 18.1 Å². The first-order valence-corrected chi connectivity index (χ1v) is 8.85. The van der Waals surface area contributed by atoms with Crippen molar-refractivity contribution in [3.8, 4) is 0 Å². The van der Waals surface area contributed by atoms with Gasteiger partial charge in [-0.15, -0.1) is 0 Å². The highest BCUT2D eigenvalue weighted by Crippen LogP contribution is 2.33. The number of carbonyl (C=O) groups excluding carboxylic acids is 1. The molecule has 130 valence electrons. The van der Waals surface area contributed by atoms with Gasteiger partial charge in [0.25, 0.3) is 5.91 Å². The zero-order valence-electron chi connectivity index (χ0n) is 14.3. The van der Waals surface area contributed by atoms with E-state index in [1.54, 1.807) is 6.20 Å². The number of para-hydroxylation sites is 1. The lowest BCUT2D eigenvalue weighted by Crippen LogP contribution is -2.58. The van der Waals surface area contributed by atoms with Crippen LogP contribution < -0.4 is 4.90 Å². The number of rotatable bonds is 3. The standard InChI is InChI=1S/C20H23N3O2/c24-19-15-25-20(16-23(19)18-6-2-1-3-7-18)8-11-22(12-9-20)14-17-5-4-10-21-13-17/h1-7,10,13H,8-9,11-12,14-16H2. The van der Waals surface area contributed by atoms with Crippen molar-refractivity contribution in [2.75, 3.05) is 31.1 Å². The molecule has 2 aliphatic heterocycles. The summed E-state index contributed by atoms with van der Waals surface area (Å²) in [5, 5.41) is 0. The van der Waals surface area contributed by atoms with Gasteiger partial charge in [0.1, 0.15) is 6.61 Å². The third kappa shape index (κ3) is 3.57. The molecule has 0 bridgehead atoms. The molecule has 1 spiro atoms. The Morgan fingerprint density at radius 3 is 2.60 bits per heavy atom. The number of carbonyl (C=O) groups is 1. The molecule has 2 aromatic rings. The van der Waals surface area contributed by atoms with E-state index in [9.17, 15) is 4.79 Å².